The number of hydrogen-bond donors (Lipinski definition) is 3. The number of carboxylic acids is 1. The fourth-order valence-corrected chi connectivity index (χ4v) is 1.25. The molecule has 1 atom stereocenters. The SMILES string of the molecule is C=CCNC(C(=O)O)c1ccc(O)c(F)c1. The molecule has 0 saturated heterocycles. The van der Waals surface area contributed by atoms with Crippen LogP contribution in [0.4, 0.5) is 4.39 Å². The van der Waals surface area contributed by atoms with E-state index in [4.69, 9.17) is 10.2 Å². The van der Waals surface area contributed by atoms with E-state index < -0.39 is 23.6 Å². The molecule has 1 rings (SSSR count). The highest BCUT2D eigenvalue weighted by atomic mass is 19.1. The summed E-state index contributed by atoms with van der Waals surface area (Å²) in [5.74, 6) is -2.47. The zero-order chi connectivity index (χ0) is 12.1. The van der Waals surface area contributed by atoms with Gasteiger partial charge in [-0.1, -0.05) is 12.1 Å². The zero-order valence-electron chi connectivity index (χ0n) is 8.48. The molecule has 0 aromatic heterocycles. The minimum atomic E-state index is -1.12. The van der Waals surface area contributed by atoms with Crippen LogP contribution in [0.1, 0.15) is 11.6 Å². The fourth-order valence-electron chi connectivity index (χ4n) is 1.25. The van der Waals surface area contributed by atoms with Crippen molar-refractivity contribution in [3.63, 3.8) is 0 Å². The number of carbonyl (C=O) groups is 1. The van der Waals surface area contributed by atoms with Crippen LogP contribution in [0, 0.1) is 5.82 Å². The number of phenolic OH excluding ortho intramolecular Hbond substituents is 1. The third-order valence-electron chi connectivity index (χ3n) is 2.02. The molecular weight excluding hydrogens is 213 g/mol. The van der Waals surface area contributed by atoms with Gasteiger partial charge in [-0.25, -0.2) is 4.39 Å². The lowest BCUT2D eigenvalue weighted by atomic mass is 10.1. The second-order valence-electron chi connectivity index (χ2n) is 3.18. The summed E-state index contributed by atoms with van der Waals surface area (Å²) < 4.78 is 13.0. The van der Waals surface area contributed by atoms with E-state index in [-0.39, 0.29) is 5.56 Å². The second kappa shape index (κ2) is 5.27. The van der Waals surface area contributed by atoms with Crippen LogP contribution in [0.3, 0.4) is 0 Å². The highest BCUT2D eigenvalue weighted by molar-refractivity contribution is 5.75. The van der Waals surface area contributed by atoms with E-state index in [0.717, 1.165) is 12.1 Å². The van der Waals surface area contributed by atoms with Crippen molar-refractivity contribution in [3.8, 4) is 5.75 Å². The van der Waals surface area contributed by atoms with E-state index in [1.807, 2.05) is 0 Å². The lowest BCUT2D eigenvalue weighted by molar-refractivity contribution is -0.139. The first kappa shape index (κ1) is 12.2. The summed E-state index contributed by atoms with van der Waals surface area (Å²) >= 11 is 0. The Hall–Kier alpha value is -1.88. The van der Waals surface area contributed by atoms with Gasteiger partial charge in [-0.15, -0.1) is 6.58 Å². The van der Waals surface area contributed by atoms with Gasteiger partial charge in [-0.05, 0) is 17.7 Å². The van der Waals surface area contributed by atoms with Crippen molar-refractivity contribution >= 4 is 5.97 Å². The highest BCUT2D eigenvalue weighted by Crippen LogP contribution is 2.21. The Morgan fingerprint density at radius 1 is 1.62 bits per heavy atom. The largest absolute Gasteiger partial charge is 0.505 e. The Kier molecular flexibility index (Phi) is 4.02. The van der Waals surface area contributed by atoms with Crippen LogP contribution in [0.5, 0.6) is 5.75 Å². The van der Waals surface area contributed by atoms with Gasteiger partial charge in [0, 0.05) is 6.54 Å². The molecule has 0 spiro atoms. The van der Waals surface area contributed by atoms with Gasteiger partial charge in [-0.3, -0.25) is 10.1 Å². The van der Waals surface area contributed by atoms with Gasteiger partial charge in [0.2, 0.25) is 0 Å². The molecule has 0 aliphatic heterocycles. The molecular formula is C11H12FNO3. The van der Waals surface area contributed by atoms with Gasteiger partial charge < -0.3 is 10.2 Å². The van der Waals surface area contributed by atoms with Crippen LogP contribution >= 0.6 is 0 Å². The Labute approximate surface area is 92.0 Å². The van der Waals surface area contributed by atoms with E-state index in [1.165, 1.54) is 12.1 Å². The zero-order valence-corrected chi connectivity index (χ0v) is 8.48. The van der Waals surface area contributed by atoms with Crippen molar-refractivity contribution in [2.75, 3.05) is 6.54 Å². The molecule has 0 amide bonds. The smallest absolute Gasteiger partial charge is 0.325 e. The molecule has 0 aliphatic rings. The summed E-state index contributed by atoms with van der Waals surface area (Å²) in [7, 11) is 0. The Balaban J connectivity index is 2.96. The van der Waals surface area contributed by atoms with Gasteiger partial charge in [0.25, 0.3) is 0 Å². The van der Waals surface area contributed by atoms with Crippen molar-refractivity contribution < 1.29 is 19.4 Å². The third-order valence-corrected chi connectivity index (χ3v) is 2.02. The number of benzene rings is 1. The lowest BCUT2D eigenvalue weighted by Gasteiger charge is -2.13. The molecule has 0 heterocycles. The molecule has 0 aliphatic carbocycles. The maximum atomic E-state index is 13.0. The third kappa shape index (κ3) is 2.80. The van der Waals surface area contributed by atoms with E-state index in [2.05, 4.69) is 11.9 Å². The molecule has 5 heteroatoms. The monoisotopic (exact) mass is 225 g/mol. The van der Waals surface area contributed by atoms with Crippen LogP contribution in [0.25, 0.3) is 0 Å². The van der Waals surface area contributed by atoms with E-state index in [9.17, 15) is 9.18 Å². The molecule has 0 saturated carbocycles. The predicted octanol–water partition coefficient (Wildman–Crippen LogP) is 1.43. The Morgan fingerprint density at radius 3 is 2.81 bits per heavy atom. The van der Waals surface area contributed by atoms with E-state index in [0.29, 0.717) is 6.54 Å². The summed E-state index contributed by atoms with van der Waals surface area (Å²) in [4.78, 5) is 10.9. The highest BCUT2D eigenvalue weighted by Gasteiger charge is 2.19. The lowest BCUT2D eigenvalue weighted by Crippen LogP contribution is -2.28. The molecule has 0 bridgehead atoms. The number of carboxylic acid groups (broad SMARTS) is 1. The van der Waals surface area contributed by atoms with Gasteiger partial charge in [-0.2, -0.15) is 0 Å². The first-order valence-corrected chi connectivity index (χ1v) is 4.61. The minimum Gasteiger partial charge on any atom is -0.505 e. The predicted molar refractivity (Wildman–Crippen MR) is 56.6 cm³/mol. The normalized spacial score (nSPS) is 12.1. The van der Waals surface area contributed by atoms with E-state index in [1.54, 1.807) is 0 Å². The van der Waals surface area contributed by atoms with E-state index >= 15 is 0 Å². The summed E-state index contributed by atoms with van der Waals surface area (Å²) in [6.07, 6.45) is 1.51. The number of phenols is 1. The maximum absolute atomic E-state index is 13.0. The summed E-state index contributed by atoms with van der Waals surface area (Å²) in [6, 6.07) is 2.45. The quantitative estimate of drug-likeness (QED) is 0.663. The number of nitrogens with one attached hydrogen (secondary N) is 1. The van der Waals surface area contributed by atoms with Crippen molar-refractivity contribution in [2.24, 2.45) is 0 Å². The molecule has 1 aromatic rings. The Bertz CT molecular complexity index is 406. The molecule has 0 radical (unpaired) electrons. The van der Waals surface area contributed by atoms with Crippen molar-refractivity contribution in [1.82, 2.24) is 5.32 Å². The van der Waals surface area contributed by atoms with Crippen LogP contribution < -0.4 is 5.32 Å². The number of aliphatic carboxylic acids is 1. The average Bonchev–Trinajstić information content (AvgIpc) is 2.23. The van der Waals surface area contributed by atoms with Gasteiger partial charge >= 0.3 is 5.97 Å². The number of rotatable bonds is 5. The molecule has 86 valence electrons. The van der Waals surface area contributed by atoms with Crippen molar-refractivity contribution in [1.29, 1.82) is 0 Å². The van der Waals surface area contributed by atoms with Crippen LogP contribution in [-0.4, -0.2) is 22.7 Å². The molecule has 1 aromatic carbocycles. The number of hydrogen-bond acceptors (Lipinski definition) is 3. The van der Waals surface area contributed by atoms with Gasteiger partial charge in [0.1, 0.15) is 6.04 Å². The number of aromatic hydroxyl groups is 1. The molecule has 1 unspecified atom stereocenters. The van der Waals surface area contributed by atoms with Crippen LogP contribution in [0.2, 0.25) is 0 Å². The number of halogens is 1. The summed E-state index contributed by atoms with van der Waals surface area (Å²) in [5, 5.41) is 20.6. The first-order chi connectivity index (χ1) is 7.56. The molecule has 16 heavy (non-hydrogen) atoms. The average molecular weight is 225 g/mol. The topological polar surface area (TPSA) is 69.6 Å². The molecule has 3 N–H and O–H groups in total. The fraction of sp³-hybridized carbons (Fsp3) is 0.182. The van der Waals surface area contributed by atoms with Crippen molar-refractivity contribution in [2.45, 2.75) is 6.04 Å². The van der Waals surface area contributed by atoms with Gasteiger partial charge in [0.15, 0.2) is 11.6 Å². The van der Waals surface area contributed by atoms with Crippen LogP contribution in [-0.2, 0) is 4.79 Å². The summed E-state index contributed by atoms with van der Waals surface area (Å²) in [5.41, 5.74) is 0.240. The standard InChI is InChI=1S/C11H12FNO3/c1-2-5-13-10(11(15)16)7-3-4-9(14)8(12)6-7/h2-4,6,10,13-14H,1,5H2,(H,15,16). The summed E-state index contributed by atoms with van der Waals surface area (Å²) in [6.45, 7) is 3.74. The van der Waals surface area contributed by atoms with Crippen LogP contribution in [0.15, 0.2) is 30.9 Å². The Morgan fingerprint density at radius 2 is 2.31 bits per heavy atom. The maximum Gasteiger partial charge on any atom is 0.325 e. The molecule has 4 nitrogen and oxygen atoms in total. The molecule has 0 fully saturated rings. The second-order valence-corrected chi connectivity index (χ2v) is 3.18. The van der Waals surface area contributed by atoms with Crippen molar-refractivity contribution in [3.05, 3.63) is 42.2 Å². The van der Waals surface area contributed by atoms with Gasteiger partial charge in [0.05, 0.1) is 0 Å². The minimum absolute atomic E-state index is 0.240. The first-order valence-electron chi connectivity index (χ1n) is 4.61.